The van der Waals surface area contributed by atoms with Crippen molar-refractivity contribution in [2.75, 3.05) is 11.9 Å². The summed E-state index contributed by atoms with van der Waals surface area (Å²) in [6.45, 7) is 7.22. The van der Waals surface area contributed by atoms with E-state index in [1.807, 2.05) is 44.2 Å². The Balaban J connectivity index is 1.79. The minimum Gasteiger partial charge on any atom is -0.461 e. The lowest BCUT2D eigenvalue weighted by Crippen LogP contribution is -2.28. The monoisotopic (exact) mass is 591 g/mol. The number of aromatic nitrogens is 1. The molecule has 0 bridgehead atoms. The Morgan fingerprint density at radius 1 is 0.884 bits per heavy atom. The molecule has 9 heteroatoms. The van der Waals surface area contributed by atoms with E-state index >= 15 is 0 Å². The molecule has 0 radical (unpaired) electrons. The number of carbonyl (C=O) groups is 1. The standard InChI is InChI=1S/C34H29N3O5S/c1-20-6-12-26(29-16-9-23(4)42-29)18-28(20)37(5)34(38)32-27(25-13-10-24(19-35)11-14-25)15-7-21(2)31(32)33-30(43(39,40)41)17-8-22(3)36-33/h6-18H,1-5H3,(H,39,40,41). The van der Waals surface area contributed by atoms with Gasteiger partial charge < -0.3 is 9.32 Å². The molecule has 0 spiro atoms. The second kappa shape index (κ2) is 11.3. The topological polar surface area (TPSA) is 124 Å². The average molecular weight is 592 g/mol. The van der Waals surface area contributed by atoms with Crippen molar-refractivity contribution in [3.63, 3.8) is 0 Å². The SMILES string of the molecule is Cc1ccc(S(=O)(=O)O)c(-c2c(C)ccc(-c3ccc(C#N)cc3)c2C(=O)N(C)c2cc(-c3ccc(C)o3)ccc2C)n1. The number of anilines is 1. The number of pyridine rings is 1. The predicted octanol–water partition coefficient (Wildman–Crippen LogP) is 7.30. The van der Waals surface area contributed by atoms with Crippen LogP contribution in [0.2, 0.25) is 0 Å². The Morgan fingerprint density at radius 2 is 1.56 bits per heavy atom. The second-order valence-electron chi connectivity index (χ2n) is 10.4. The summed E-state index contributed by atoms with van der Waals surface area (Å²) in [6, 6.07) is 24.7. The third kappa shape index (κ3) is 5.71. The maximum absolute atomic E-state index is 14.7. The molecular formula is C34H29N3O5S. The number of hydrogen-bond donors (Lipinski definition) is 1. The van der Waals surface area contributed by atoms with E-state index in [0.717, 1.165) is 16.9 Å². The number of hydrogen-bond acceptors (Lipinski definition) is 6. The van der Waals surface area contributed by atoms with E-state index in [0.29, 0.717) is 39.4 Å². The number of nitrogens with zero attached hydrogens (tertiary/aromatic N) is 3. The highest BCUT2D eigenvalue weighted by atomic mass is 32.2. The Labute approximate surface area is 250 Å². The lowest BCUT2D eigenvalue weighted by Gasteiger charge is -2.25. The zero-order valence-corrected chi connectivity index (χ0v) is 25.2. The maximum Gasteiger partial charge on any atom is 0.296 e. The first-order chi connectivity index (χ1) is 20.4. The van der Waals surface area contributed by atoms with E-state index in [4.69, 9.17) is 4.42 Å². The number of aryl methyl sites for hydroxylation is 4. The average Bonchev–Trinajstić information content (AvgIpc) is 3.42. The quantitative estimate of drug-likeness (QED) is 0.205. The molecular weight excluding hydrogens is 562 g/mol. The molecule has 5 rings (SSSR count). The number of rotatable bonds is 6. The van der Waals surface area contributed by atoms with Gasteiger partial charge in [0.2, 0.25) is 0 Å². The fourth-order valence-corrected chi connectivity index (χ4v) is 5.75. The van der Waals surface area contributed by atoms with Gasteiger partial charge in [-0.15, -0.1) is 0 Å². The second-order valence-corrected chi connectivity index (χ2v) is 11.8. The summed E-state index contributed by atoms with van der Waals surface area (Å²) in [4.78, 5) is 20.3. The molecule has 1 N–H and O–H groups in total. The Morgan fingerprint density at radius 3 is 2.19 bits per heavy atom. The van der Waals surface area contributed by atoms with Crippen LogP contribution in [-0.2, 0) is 10.1 Å². The first kappa shape index (κ1) is 29.5. The first-order valence-electron chi connectivity index (χ1n) is 13.4. The highest BCUT2D eigenvalue weighted by molar-refractivity contribution is 7.86. The molecule has 0 aliphatic heterocycles. The number of carbonyl (C=O) groups excluding carboxylic acids is 1. The smallest absolute Gasteiger partial charge is 0.296 e. The molecule has 8 nitrogen and oxygen atoms in total. The van der Waals surface area contributed by atoms with Crippen LogP contribution in [-0.4, -0.2) is 30.9 Å². The first-order valence-corrected chi connectivity index (χ1v) is 14.9. The van der Waals surface area contributed by atoms with E-state index in [-0.39, 0.29) is 16.8 Å². The van der Waals surface area contributed by atoms with Crippen LogP contribution in [0.3, 0.4) is 0 Å². The van der Waals surface area contributed by atoms with Gasteiger partial charge in [-0.1, -0.05) is 36.4 Å². The molecule has 0 fully saturated rings. The van der Waals surface area contributed by atoms with Crippen LogP contribution in [0.15, 0.2) is 88.2 Å². The normalized spacial score (nSPS) is 11.3. The minimum atomic E-state index is -4.69. The molecule has 0 saturated carbocycles. The van der Waals surface area contributed by atoms with Gasteiger partial charge in [0.25, 0.3) is 16.0 Å². The molecule has 2 heterocycles. The van der Waals surface area contributed by atoms with Crippen LogP contribution < -0.4 is 4.90 Å². The number of nitriles is 1. The van der Waals surface area contributed by atoms with Crippen molar-refractivity contribution in [1.29, 1.82) is 5.26 Å². The summed E-state index contributed by atoms with van der Waals surface area (Å²) in [5, 5.41) is 9.33. The predicted molar refractivity (Wildman–Crippen MR) is 165 cm³/mol. The summed E-state index contributed by atoms with van der Waals surface area (Å²) < 4.78 is 41.0. The number of amides is 1. The zero-order chi connectivity index (χ0) is 31.1. The van der Waals surface area contributed by atoms with Gasteiger partial charge in [0.15, 0.2) is 0 Å². The Kier molecular flexibility index (Phi) is 7.76. The summed E-state index contributed by atoms with van der Waals surface area (Å²) in [6.07, 6.45) is 0. The van der Waals surface area contributed by atoms with Crippen molar-refractivity contribution < 1.29 is 22.2 Å². The van der Waals surface area contributed by atoms with Crippen molar-refractivity contribution in [3.8, 4) is 39.8 Å². The van der Waals surface area contributed by atoms with E-state index in [1.165, 1.54) is 17.0 Å². The van der Waals surface area contributed by atoms with Gasteiger partial charge >= 0.3 is 0 Å². The summed E-state index contributed by atoms with van der Waals surface area (Å²) in [7, 11) is -3.03. The van der Waals surface area contributed by atoms with E-state index in [2.05, 4.69) is 11.1 Å². The molecule has 1 amide bonds. The molecule has 2 aromatic heterocycles. The third-order valence-electron chi connectivity index (χ3n) is 7.36. The van der Waals surface area contributed by atoms with Gasteiger partial charge in [-0.2, -0.15) is 13.7 Å². The fourth-order valence-electron chi connectivity index (χ4n) is 5.12. The molecule has 216 valence electrons. The van der Waals surface area contributed by atoms with Crippen molar-refractivity contribution in [2.45, 2.75) is 32.6 Å². The lowest BCUT2D eigenvalue weighted by molar-refractivity contribution is 0.0994. The molecule has 0 unspecified atom stereocenters. The van der Waals surface area contributed by atoms with E-state index < -0.39 is 20.9 Å². The molecule has 3 aromatic carbocycles. The molecule has 5 aromatic rings. The van der Waals surface area contributed by atoms with Crippen LogP contribution in [0.1, 0.15) is 38.5 Å². The highest BCUT2D eigenvalue weighted by Gasteiger charge is 2.29. The van der Waals surface area contributed by atoms with Crippen LogP contribution in [0.25, 0.3) is 33.7 Å². The highest BCUT2D eigenvalue weighted by Crippen LogP contribution is 2.39. The van der Waals surface area contributed by atoms with Crippen molar-refractivity contribution in [3.05, 3.63) is 113 Å². The van der Waals surface area contributed by atoms with Crippen molar-refractivity contribution in [2.24, 2.45) is 0 Å². The third-order valence-corrected chi connectivity index (χ3v) is 8.25. The van der Waals surface area contributed by atoms with Gasteiger partial charge in [0.1, 0.15) is 16.4 Å². The fraction of sp³-hybridized carbons (Fsp3) is 0.147. The van der Waals surface area contributed by atoms with Gasteiger partial charge in [-0.3, -0.25) is 14.3 Å². The Hall–Kier alpha value is -5.04. The van der Waals surface area contributed by atoms with E-state index in [1.54, 1.807) is 57.3 Å². The maximum atomic E-state index is 14.7. The molecule has 0 aliphatic rings. The van der Waals surface area contributed by atoms with Crippen LogP contribution in [0, 0.1) is 39.0 Å². The summed E-state index contributed by atoms with van der Waals surface area (Å²) in [5.41, 5.74) is 5.43. The largest absolute Gasteiger partial charge is 0.461 e. The molecule has 0 atom stereocenters. The van der Waals surface area contributed by atoms with Crippen molar-refractivity contribution in [1.82, 2.24) is 4.98 Å². The molecule has 43 heavy (non-hydrogen) atoms. The van der Waals surface area contributed by atoms with Gasteiger partial charge in [0, 0.05) is 29.6 Å². The van der Waals surface area contributed by atoms with Gasteiger partial charge in [-0.05, 0) is 92.4 Å². The van der Waals surface area contributed by atoms with Crippen LogP contribution >= 0.6 is 0 Å². The molecule has 0 saturated heterocycles. The molecule has 0 aliphatic carbocycles. The summed E-state index contributed by atoms with van der Waals surface area (Å²) >= 11 is 0. The van der Waals surface area contributed by atoms with Crippen LogP contribution in [0.5, 0.6) is 0 Å². The Bertz CT molecular complexity index is 2040. The lowest BCUT2D eigenvalue weighted by atomic mass is 9.89. The van der Waals surface area contributed by atoms with Crippen molar-refractivity contribution >= 4 is 21.7 Å². The zero-order valence-electron chi connectivity index (χ0n) is 24.3. The van der Waals surface area contributed by atoms with E-state index in [9.17, 15) is 23.0 Å². The number of benzene rings is 3. The number of furan rings is 1. The van der Waals surface area contributed by atoms with Gasteiger partial charge in [0.05, 0.1) is 22.9 Å². The van der Waals surface area contributed by atoms with Gasteiger partial charge in [-0.25, -0.2) is 0 Å². The van der Waals surface area contributed by atoms with Crippen LogP contribution in [0.4, 0.5) is 5.69 Å². The minimum absolute atomic E-state index is 0.0243. The summed E-state index contributed by atoms with van der Waals surface area (Å²) in [5.74, 6) is 1.01.